The molecule has 1 amide bonds. The largest absolute Gasteiger partial charge is 0.531 e. The van der Waals surface area contributed by atoms with Crippen LogP contribution in [0.1, 0.15) is 0 Å². The third-order valence-electron chi connectivity index (χ3n) is 0.477. The van der Waals surface area contributed by atoms with Crippen molar-refractivity contribution in [2.24, 2.45) is 0 Å². The van der Waals surface area contributed by atoms with Crippen molar-refractivity contribution in [3.05, 3.63) is 0 Å². The fourth-order valence-electron chi connectivity index (χ4n) is 0.306. The zero-order valence-electron chi connectivity index (χ0n) is 5.32. The summed E-state index contributed by atoms with van der Waals surface area (Å²) in [7, 11) is -1.63. The maximum atomic E-state index is 9.83. The van der Waals surface area contributed by atoms with Gasteiger partial charge in [-0.3, -0.25) is 0 Å². The van der Waals surface area contributed by atoms with Crippen LogP contribution in [0.2, 0.25) is 19.6 Å². The molecule has 0 unspecified atom stereocenters. The molecule has 8 heavy (non-hydrogen) atoms. The van der Waals surface area contributed by atoms with Gasteiger partial charge >= 0.3 is 0 Å². The van der Waals surface area contributed by atoms with Gasteiger partial charge in [0.2, 0.25) is 0 Å². The summed E-state index contributed by atoms with van der Waals surface area (Å²) in [6.07, 6.45) is -1.16. The lowest BCUT2D eigenvalue weighted by atomic mass is 11.3. The molecule has 0 fully saturated rings. The SMILES string of the molecule is C[Si](C)(C)NC(=O)[O-]. The molecule has 3 nitrogen and oxygen atoms in total. The maximum absolute atomic E-state index is 9.83. The minimum absolute atomic E-state index is 1.16. The highest BCUT2D eigenvalue weighted by Gasteiger charge is 2.10. The number of hydrogen-bond acceptors (Lipinski definition) is 2. The molecule has 0 aromatic rings. The summed E-state index contributed by atoms with van der Waals surface area (Å²) in [5, 5.41) is 9.83. The van der Waals surface area contributed by atoms with Crippen LogP contribution in [0.15, 0.2) is 0 Å². The highest BCUT2D eigenvalue weighted by atomic mass is 28.3. The summed E-state index contributed by atoms with van der Waals surface area (Å²) >= 11 is 0. The fourth-order valence-corrected chi connectivity index (χ4v) is 0.919. The van der Waals surface area contributed by atoms with Crippen molar-refractivity contribution in [3.8, 4) is 0 Å². The normalized spacial score (nSPS) is 10.9. The highest BCUT2D eigenvalue weighted by molar-refractivity contribution is 6.75. The molecule has 0 aliphatic carbocycles. The number of carbonyl (C=O) groups is 1. The van der Waals surface area contributed by atoms with E-state index >= 15 is 0 Å². The molecule has 0 aromatic heterocycles. The first kappa shape index (κ1) is 7.49. The van der Waals surface area contributed by atoms with Crippen LogP contribution in [0.3, 0.4) is 0 Å². The molecule has 0 radical (unpaired) electrons. The Labute approximate surface area is 49.8 Å². The lowest BCUT2D eigenvalue weighted by Gasteiger charge is -2.19. The van der Waals surface area contributed by atoms with Gasteiger partial charge in [0.25, 0.3) is 0 Å². The first-order valence-electron chi connectivity index (χ1n) is 2.41. The van der Waals surface area contributed by atoms with Crippen molar-refractivity contribution in [3.63, 3.8) is 0 Å². The van der Waals surface area contributed by atoms with E-state index in [4.69, 9.17) is 0 Å². The van der Waals surface area contributed by atoms with Gasteiger partial charge in [-0.2, -0.15) is 0 Å². The van der Waals surface area contributed by atoms with Crippen molar-refractivity contribution < 1.29 is 9.90 Å². The maximum Gasteiger partial charge on any atom is 0.145 e. The van der Waals surface area contributed by atoms with E-state index in [0.717, 1.165) is 0 Å². The summed E-state index contributed by atoms with van der Waals surface area (Å²) in [6, 6.07) is 0. The van der Waals surface area contributed by atoms with Crippen molar-refractivity contribution in [1.82, 2.24) is 4.98 Å². The first-order valence-corrected chi connectivity index (χ1v) is 5.91. The molecule has 48 valence electrons. The fraction of sp³-hybridized carbons (Fsp3) is 0.750. The Morgan fingerprint density at radius 1 is 1.50 bits per heavy atom. The zero-order valence-corrected chi connectivity index (χ0v) is 6.32. The van der Waals surface area contributed by atoms with Crippen LogP contribution in [0.4, 0.5) is 4.79 Å². The predicted molar refractivity (Wildman–Crippen MR) is 31.9 cm³/mol. The number of amides is 1. The van der Waals surface area contributed by atoms with E-state index in [-0.39, 0.29) is 0 Å². The second-order valence-corrected chi connectivity index (χ2v) is 7.41. The number of nitrogens with one attached hydrogen (secondary N) is 1. The van der Waals surface area contributed by atoms with Gasteiger partial charge in [0.1, 0.15) is 14.3 Å². The molecule has 0 rings (SSSR count). The lowest BCUT2D eigenvalue weighted by molar-refractivity contribution is -0.248. The lowest BCUT2D eigenvalue weighted by Crippen LogP contribution is -2.51. The monoisotopic (exact) mass is 132 g/mol. The van der Waals surface area contributed by atoms with E-state index in [9.17, 15) is 9.90 Å². The molecule has 0 aliphatic heterocycles. The van der Waals surface area contributed by atoms with Crippen molar-refractivity contribution in [1.29, 1.82) is 0 Å². The van der Waals surface area contributed by atoms with E-state index in [1.54, 1.807) is 0 Å². The quantitative estimate of drug-likeness (QED) is 0.500. The van der Waals surface area contributed by atoms with Crippen LogP contribution < -0.4 is 10.1 Å². The Balaban J connectivity index is 3.55. The van der Waals surface area contributed by atoms with Crippen LogP contribution in [0, 0.1) is 0 Å². The number of carboxylic acid groups (broad SMARTS) is 1. The van der Waals surface area contributed by atoms with Gasteiger partial charge in [0, 0.05) is 0 Å². The number of carbonyl (C=O) groups excluding carboxylic acids is 1. The standard InChI is InChI=1S/C4H11NO2Si/c1-8(2,3)5-4(6)7/h5H,1-3H3,(H,6,7)/p-1. The molecule has 0 heterocycles. The molecular weight excluding hydrogens is 122 g/mol. The van der Waals surface area contributed by atoms with Crippen LogP contribution in [-0.2, 0) is 0 Å². The molecule has 0 aromatic carbocycles. The van der Waals surface area contributed by atoms with E-state index in [0.29, 0.717) is 0 Å². The van der Waals surface area contributed by atoms with Gasteiger partial charge in [0.15, 0.2) is 0 Å². The summed E-state index contributed by atoms with van der Waals surface area (Å²) in [5.41, 5.74) is 0. The molecular formula is C4H10NO2Si-. The third kappa shape index (κ3) is 5.49. The van der Waals surface area contributed by atoms with Gasteiger partial charge in [-0.15, -0.1) is 0 Å². The molecule has 0 aliphatic rings. The van der Waals surface area contributed by atoms with Gasteiger partial charge < -0.3 is 14.9 Å². The molecule has 4 heteroatoms. The average Bonchev–Trinajstić information content (AvgIpc) is 1.21. The Hall–Kier alpha value is -0.513. The minimum Gasteiger partial charge on any atom is -0.531 e. The zero-order chi connectivity index (χ0) is 6.78. The van der Waals surface area contributed by atoms with Gasteiger partial charge in [0.05, 0.1) is 0 Å². The predicted octanol–water partition coefficient (Wildman–Crippen LogP) is -0.246. The summed E-state index contributed by atoms with van der Waals surface area (Å²) in [5.74, 6) is 0. The Kier molecular flexibility index (Phi) is 2.03. The van der Waals surface area contributed by atoms with Crippen molar-refractivity contribution in [2.45, 2.75) is 19.6 Å². The van der Waals surface area contributed by atoms with Crippen LogP contribution in [0.5, 0.6) is 0 Å². The van der Waals surface area contributed by atoms with Gasteiger partial charge in [-0.1, -0.05) is 19.6 Å². The topological polar surface area (TPSA) is 52.2 Å². The van der Waals surface area contributed by atoms with Crippen LogP contribution >= 0.6 is 0 Å². The van der Waals surface area contributed by atoms with E-state index in [1.165, 1.54) is 0 Å². The molecule has 0 bridgehead atoms. The smallest absolute Gasteiger partial charge is 0.145 e. The summed E-state index contributed by atoms with van der Waals surface area (Å²) in [4.78, 5) is 12.2. The Morgan fingerprint density at radius 2 is 1.88 bits per heavy atom. The molecule has 0 spiro atoms. The Bertz CT molecular complexity index is 96.7. The molecule has 1 N–H and O–H groups in total. The number of rotatable bonds is 1. The third-order valence-corrected chi connectivity index (χ3v) is 1.43. The van der Waals surface area contributed by atoms with Gasteiger partial charge in [-0.05, 0) is 0 Å². The second kappa shape index (κ2) is 2.17. The average molecular weight is 132 g/mol. The van der Waals surface area contributed by atoms with E-state index in [1.807, 2.05) is 19.6 Å². The van der Waals surface area contributed by atoms with Crippen LogP contribution in [0.25, 0.3) is 0 Å². The Morgan fingerprint density at radius 3 is 1.88 bits per heavy atom. The number of hydrogen-bond donors (Lipinski definition) is 1. The molecule has 0 saturated carbocycles. The highest BCUT2D eigenvalue weighted by Crippen LogP contribution is 1.91. The second-order valence-electron chi connectivity index (χ2n) is 2.66. The molecule has 0 atom stereocenters. The van der Waals surface area contributed by atoms with E-state index < -0.39 is 14.3 Å². The summed E-state index contributed by atoms with van der Waals surface area (Å²) < 4.78 is 0. The van der Waals surface area contributed by atoms with Crippen molar-refractivity contribution >= 4 is 14.3 Å². The van der Waals surface area contributed by atoms with E-state index in [2.05, 4.69) is 4.98 Å². The molecule has 0 saturated heterocycles. The van der Waals surface area contributed by atoms with Crippen LogP contribution in [-0.4, -0.2) is 14.3 Å². The first-order chi connectivity index (χ1) is 3.42. The van der Waals surface area contributed by atoms with Crippen molar-refractivity contribution in [2.75, 3.05) is 0 Å². The summed E-state index contributed by atoms with van der Waals surface area (Å²) in [6.45, 7) is 5.68. The minimum atomic E-state index is -1.63. The van der Waals surface area contributed by atoms with Gasteiger partial charge in [-0.25, -0.2) is 0 Å².